The molecular formula is C18H23N3O3. The SMILES string of the molecule is C[C@H](NC(=O)[C@@H](C)N1CC[C@H](C(N)=O)C1)c1cc2ccccc2o1. The predicted molar refractivity (Wildman–Crippen MR) is 91.1 cm³/mol. The van der Waals surface area contributed by atoms with E-state index in [4.69, 9.17) is 10.2 Å². The molecule has 0 bridgehead atoms. The summed E-state index contributed by atoms with van der Waals surface area (Å²) in [6, 6.07) is 9.18. The highest BCUT2D eigenvalue weighted by molar-refractivity contribution is 5.83. The number of nitrogens with zero attached hydrogens (tertiary/aromatic N) is 1. The van der Waals surface area contributed by atoms with Crippen molar-refractivity contribution >= 4 is 22.8 Å². The van der Waals surface area contributed by atoms with Crippen LogP contribution in [0.4, 0.5) is 0 Å². The Kier molecular flexibility index (Phi) is 4.57. The topological polar surface area (TPSA) is 88.6 Å². The summed E-state index contributed by atoms with van der Waals surface area (Å²) in [4.78, 5) is 25.8. The lowest BCUT2D eigenvalue weighted by molar-refractivity contribution is -0.127. The fourth-order valence-corrected chi connectivity index (χ4v) is 3.16. The number of rotatable bonds is 5. The van der Waals surface area contributed by atoms with E-state index in [1.165, 1.54) is 0 Å². The smallest absolute Gasteiger partial charge is 0.237 e. The van der Waals surface area contributed by atoms with Crippen LogP contribution < -0.4 is 11.1 Å². The van der Waals surface area contributed by atoms with Gasteiger partial charge in [0, 0.05) is 11.9 Å². The van der Waals surface area contributed by atoms with Gasteiger partial charge in [0.05, 0.1) is 18.0 Å². The van der Waals surface area contributed by atoms with Gasteiger partial charge in [-0.2, -0.15) is 0 Å². The van der Waals surface area contributed by atoms with Crippen molar-refractivity contribution in [2.24, 2.45) is 11.7 Å². The molecule has 0 aliphatic carbocycles. The van der Waals surface area contributed by atoms with Gasteiger partial charge in [-0.05, 0) is 38.9 Å². The van der Waals surface area contributed by atoms with Crippen molar-refractivity contribution in [1.29, 1.82) is 0 Å². The van der Waals surface area contributed by atoms with Crippen molar-refractivity contribution in [1.82, 2.24) is 10.2 Å². The van der Waals surface area contributed by atoms with E-state index in [9.17, 15) is 9.59 Å². The van der Waals surface area contributed by atoms with Gasteiger partial charge < -0.3 is 15.5 Å². The third kappa shape index (κ3) is 3.28. The Hall–Kier alpha value is -2.34. The Morgan fingerprint density at radius 1 is 1.33 bits per heavy atom. The molecule has 3 atom stereocenters. The molecule has 2 amide bonds. The summed E-state index contributed by atoms with van der Waals surface area (Å²) in [6.45, 7) is 5.01. The van der Waals surface area contributed by atoms with Crippen LogP contribution in [-0.4, -0.2) is 35.8 Å². The van der Waals surface area contributed by atoms with Crippen LogP contribution in [0.2, 0.25) is 0 Å². The van der Waals surface area contributed by atoms with Crippen LogP contribution in [0.1, 0.15) is 32.1 Å². The molecular weight excluding hydrogens is 306 g/mol. The van der Waals surface area contributed by atoms with Crippen LogP contribution in [0.5, 0.6) is 0 Å². The summed E-state index contributed by atoms with van der Waals surface area (Å²) in [6.07, 6.45) is 0.714. The number of nitrogens with two attached hydrogens (primary N) is 1. The molecule has 1 aromatic carbocycles. The number of hydrogen-bond acceptors (Lipinski definition) is 4. The molecule has 1 aromatic heterocycles. The maximum Gasteiger partial charge on any atom is 0.237 e. The van der Waals surface area contributed by atoms with Gasteiger partial charge in [0.1, 0.15) is 11.3 Å². The molecule has 6 nitrogen and oxygen atoms in total. The largest absolute Gasteiger partial charge is 0.459 e. The third-order valence-corrected chi connectivity index (χ3v) is 4.78. The van der Waals surface area contributed by atoms with Gasteiger partial charge in [-0.1, -0.05) is 18.2 Å². The minimum Gasteiger partial charge on any atom is -0.459 e. The maximum atomic E-state index is 12.5. The summed E-state index contributed by atoms with van der Waals surface area (Å²) >= 11 is 0. The molecule has 1 saturated heterocycles. The summed E-state index contributed by atoms with van der Waals surface area (Å²) < 4.78 is 5.79. The van der Waals surface area contributed by atoms with E-state index in [2.05, 4.69) is 5.32 Å². The minimum atomic E-state index is -0.304. The lowest BCUT2D eigenvalue weighted by Gasteiger charge is -2.24. The molecule has 6 heteroatoms. The minimum absolute atomic E-state index is 0.0759. The lowest BCUT2D eigenvalue weighted by atomic mass is 10.1. The van der Waals surface area contributed by atoms with Crippen LogP contribution in [0, 0.1) is 5.92 Å². The average molecular weight is 329 g/mol. The van der Waals surface area contributed by atoms with E-state index in [0.29, 0.717) is 19.5 Å². The van der Waals surface area contributed by atoms with Gasteiger partial charge in [-0.25, -0.2) is 0 Å². The van der Waals surface area contributed by atoms with Crippen LogP contribution >= 0.6 is 0 Å². The van der Waals surface area contributed by atoms with Crippen LogP contribution in [0.25, 0.3) is 11.0 Å². The first-order chi connectivity index (χ1) is 11.5. The van der Waals surface area contributed by atoms with Gasteiger partial charge in [0.15, 0.2) is 0 Å². The molecule has 3 N–H and O–H groups in total. The van der Waals surface area contributed by atoms with Crippen molar-refractivity contribution in [2.75, 3.05) is 13.1 Å². The molecule has 1 aliphatic rings. The molecule has 2 heterocycles. The second-order valence-electron chi connectivity index (χ2n) is 6.48. The Morgan fingerprint density at radius 3 is 2.75 bits per heavy atom. The number of furan rings is 1. The molecule has 1 fully saturated rings. The van der Waals surface area contributed by atoms with Crippen LogP contribution in [0.15, 0.2) is 34.7 Å². The van der Waals surface area contributed by atoms with Gasteiger partial charge in [0.2, 0.25) is 11.8 Å². The second kappa shape index (κ2) is 6.65. The number of likely N-dealkylation sites (tertiary alicyclic amines) is 1. The predicted octanol–water partition coefficient (Wildman–Crippen LogP) is 1.81. The number of benzene rings is 1. The van der Waals surface area contributed by atoms with E-state index < -0.39 is 0 Å². The summed E-state index contributed by atoms with van der Waals surface area (Å²) in [5, 5.41) is 4.01. The van der Waals surface area contributed by atoms with Crippen LogP contribution in [0.3, 0.4) is 0 Å². The molecule has 0 unspecified atom stereocenters. The molecule has 128 valence electrons. The number of hydrogen-bond donors (Lipinski definition) is 2. The number of carbonyl (C=O) groups excluding carboxylic acids is 2. The van der Waals surface area contributed by atoms with Gasteiger partial charge >= 0.3 is 0 Å². The van der Waals surface area contributed by atoms with Crippen molar-refractivity contribution in [3.8, 4) is 0 Å². The Labute approximate surface area is 141 Å². The van der Waals surface area contributed by atoms with E-state index in [1.54, 1.807) is 0 Å². The number of primary amides is 1. The first-order valence-electron chi connectivity index (χ1n) is 8.28. The zero-order valence-corrected chi connectivity index (χ0v) is 14.0. The molecule has 1 aliphatic heterocycles. The fraction of sp³-hybridized carbons (Fsp3) is 0.444. The summed E-state index contributed by atoms with van der Waals surface area (Å²) in [5.41, 5.74) is 6.16. The Balaban J connectivity index is 1.62. The van der Waals surface area contributed by atoms with E-state index >= 15 is 0 Å². The van der Waals surface area contributed by atoms with Gasteiger partial charge in [0.25, 0.3) is 0 Å². The number of para-hydroxylation sites is 1. The zero-order chi connectivity index (χ0) is 17.3. The third-order valence-electron chi connectivity index (χ3n) is 4.78. The Morgan fingerprint density at radius 2 is 2.08 bits per heavy atom. The number of fused-ring (bicyclic) bond motifs is 1. The van der Waals surface area contributed by atoms with Crippen molar-refractivity contribution in [2.45, 2.75) is 32.4 Å². The van der Waals surface area contributed by atoms with Crippen molar-refractivity contribution < 1.29 is 14.0 Å². The summed E-state index contributed by atoms with van der Waals surface area (Å²) in [5.74, 6) is 0.204. The van der Waals surface area contributed by atoms with Crippen LogP contribution in [-0.2, 0) is 9.59 Å². The molecule has 3 rings (SSSR count). The first-order valence-corrected chi connectivity index (χ1v) is 8.28. The fourth-order valence-electron chi connectivity index (χ4n) is 3.16. The number of carbonyl (C=O) groups is 2. The quantitative estimate of drug-likeness (QED) is 0.875. The van der Waals surface area contributed by atoms with E-state index in [1.807, 2.05) is 49.1 Å². The normalized spacial score (nSPS) is 20.8. The highest BCUT2D eigenvalue weighted by atomic mass is 16.3. The summed E-state index contributed by atoms with van der Waals surface area (Å²) in [7, 11) is 0. The highest BCUT2D eigenvalue weighted by Crippen LogP contribution is 2.24. The maximum absolute atomic E-state index is 12.5. The second-order valence-corrected chi connectivity index (χ2v) is 6.48. The number of amides is 2. The van der Waals surface area contributed by atoms with Crippen molar-refractivity contribution in [3.63, 3.8) is 0 Å². The number of nitrogens with one attached hydrogen (secondary N) is 1. The highest BCUT2D eigenvalue weighted by Gasteiger charge is 2.32. The molecule has 2 aromatic rings. The van der Waals surface area contributed by atoms with Gasteiger partial charge in [-0.15, -0.1) is 0 Å². The van der Waals surface area contributed by atoms with Crippen molar-refractivity contribution in [3.05, 3.63) is 36.1 Å². The lowest BCUT2D eigenvalue weighted by Crippen LogP contribution is -2.45. The molecule has 0 spiro atoms. The zero-order valence-electron chi connectivity index (χ0n) is 14.0. The molecule has 0 radical (unpaired) electrons. The monoisotopic (exact) mass is 329 g/mol. The standard InChI is InChI=1S/C18H23N3O3/c1-11(16-9-13-5-3-4-6-15(13)24-16)20-18(23)12(2)21-8-7-14(10-21)17(19)22/h3-6,9,11-12,14H,7-8,10H2,1-2H3,(H2,19,22)(H,20,23)/t11-,12+,14-/m0/s1. The molecule has 0 saturated carbocycles. The Bertz CT molecular complexity index is 722. The van der Waals surface area contributed by atoms with Gasteiger partial charge in [-0.3, -0.25) is 14.5 Å². The van der Waals surface area contributed by atoms with E-state index in [0.717, 1.165) is 16.7 Å². The first kappa shape index (κ1) is 16.5. The van der Waals surface area contributed by atoms with E-state index in [-0.39, 0.29) is 29.8 Å². The average Bonchev–Trinajstić information content (AvgIpc) is 3.20. The molecule has 24 heavy (non-hydrogen) atoms.